The highest BCUT2D eigenvalue weighted by atomic mass is 19.1. The van der Waals surface area contributed by atoms with Crippen LogP contribution in [0.3, 0.4) is 0 Å². The summed E-state index contributed by atoms with van der Waals surface area (Å²) < 4.78 is 14.5. The van der Waals surface area contributed by atoms with Crippen molar-refractivity contribution in [1.29, 1.82) is 0 Å². The molecule has 4 rings (SSSR count). The summed E-state index contributed by atoms with van der Waals surface area (Å²) in [5.74, 6) is -0.325. The minimum atomic E-state index is -0.384. The van der Waals surface area contributed by atoms with Gasteiger partial charge in [-0.3, -0.25) is 9.59 Å². The number of nitrogens with zero attached hydrogens (tertiary/aromatic N) is 1. The minimum absolute atomic E-state index is 0.0960. The number of halogens is 1. The number of benzene rings is 2. The highest BCUT2D eigenvalue weighted by Gasteiger charge is 2.27. The van der Waals surface area contributed by atoms with E-state index in [1.807, 2.05) is 12.1 Å². The van der Waals surface area contributed by atoms with Gasteiger partial charge in [0.2, 0.25) is 11.8 Å². The molecule has 7 heteroatoms. The largest absolute Gasteiger partial charge is 0.372 e. The van der Waals surface area contributed by atoms with Gasteiger partial charge in [0, 0.05) is 55.2 Å². The second kappa shape index (κ2) is 9.37. The van der Waals surface area contributed by atoms with Crippen LogP contribution in [0.2, 0.25) is 0 Å². The first kappa shape index (κ1) is 21.2. The molecule has 2 aliphatic rings. The molecule has 1 unspecified atom stereocenters. The van der Waals surface area contributed by atoms with Crippen molar-refractivity contribution in [2.24, 2.45) is 11.8 Å². The number of amides is 2. The van der Waals surface area contributed by atoms with E-state index in [-0.39, 0.29) is 36.5 Å². The average Bonchev–Trinajstić information content (AvgIpc) is 3.21. The van der Waals surface area contributed by atoms with Gasteiger partial charge in [-0.15, -0.1) is 0 Å². The molecule has 0 radical (unpaired) electrons. The lowest BCUT2D eigenvalue weighted by Gasteiger charge is -2.32. The number of hydrogen-bond donors (Lipinski definition) is 3. The van der Waals surface area contributed by atoms with Gasteiger partial charge in [0.15, 0.2) is 0 Å². The quantitative estimate of drug-likeness (QED) is 0.663. The molecule has 0 aliphatic carbocycles. The van der Waals surface area contributed by atoms with Crippen LogP contribution in [0, 0.1) is 17.7 Å². The molecule has 31 heavy (non-hydrogen) atoms. The van der Waals surface area contributed by atoms with Crippen molar-refractivity contribution >= 4 is 28.9 Å². The molecule has 2 aromatic carbocycles. The molecule has 164 valence electrons. The summed E-state index contributed by atoms with van der Waals surface area (Å²) in [6, 6.07) is 13.1. The first-order valence-corrected chi connectivity index (χ1v) is 10.9. The van der Waals surface area contributed by atoms with Crippen molar-refractivity contribution < 1.29 is 14.0 Å². The lowest BCUT2D eigenvalue weighted by Crippen LogP contribution is -2.32. The van der Waals surface area contributed by atoms with Gasteiger partial charge in [0.05, 0.1) is 5.92 Å². The first-order valence-electron chi connectivity index (χ1n) is 10.9. The molecular formula is C24H29FN4O2. The third kappa shape index (κ3) is 5.34. The summed E-state index contributed by atoms with van der Waals surface area (Å²) >= 11 is 0. The molecule has 2 saturated heterocycles. The smallest absolute Gasteiger partial charge is 0.225 e. The van der Waals surface area contributed by atoms with E-state index in [4.69, 9.17) is 0 Å². The fourth-order valence-electron chi connectivity index (χ4n) is 4.07. The van der Waals surface area contributed by atoms with Gasteiger partial charge < -0.3 is 20.9 Å². The molecule has 6 nitrogen and oxygen atoms in total. The zero-order chi connectivity index (χ0) is 21.8. The zero-order valence-corrected chi connectivity index (χ0v) is 17.8. The third-order valence-corrected chi connectivity index (χ3v) is 6.16. The van der Waals surface area contributed by atoms with Gasteiger partial charge in [0.25, 0.3) is 0 Å². The standard InChI is InChI=1S/C24H29FN4O2/c1-16-8-10-29(11-9-16)21-6-4-19(5-7-21)28-20-3-2-17(22(25)13-20)14-27-24(31)18-12-23(30)26-15-18/h2-7,13,16,18,28H,8-12,14-15H2,1H3,(H,26,30)(H,27,31). The van der Waals surface area contributed by atoms with Crippen molar-refractivity contribution in [3.8, 4) is 0 Å². The lowest BCUT2D eigenvalue weighted by molar-refractivity contribution is -0.126. The number of anilines is 3. The number of carbonyl (C=O) groups excluding carboxylic acids is 2. The van der Waals surface area contributed by atoms with Crippen LogP contribution in [0.15, 0.2) is 42.5 Å². The summed E-state index contributed by atoms with van der Waals surface area (Å²) in [6.45, 7) is 4.91. The molecule has 1 atom stereocenters. The van der Waals surface area contributed by atoms with E-state index in [2.05, 4.69) is 39.9 Å². The van der Waals surface area contributed by atoms with Gasteiger partial charge in [0.1, 0.15) is 5.82 Å². The van der Waals surface area contributed by atoms with Crippen molar-refractivity contribution in [3.05, 3.63) is 53.8 Å². The Morgan fingerprint density at radius 1 is 1.13 bits per heavy atom. The SMILES string of the molecule is CC1CCN(c2ccc(Nc3ccc(CNC(=O)C4CNC(=O)C4)c(F)c3)cc2)CC1. The van der Waals surface area contributed by atoms with Crippen LogP contribution in [0.1, 0.15) is 31.7 Å². The van der Waals surface area contributed by atoms with Crippen LogP contribution in [-0.2, 0) is 16.1 Å². The van der Waals surface area contributed by atoms with E-state index in [1.165, 1.54) is 24.6 Å². The fourth-order valence-corrected chi connectivity index (χ4v) is 4.07. The minimum Gasteiger partial charge on any atom is -0.372 e. The summed E-state index contributed by atoms with van der Waals surface area (Å²) in [7, 11) is 0. The Hall–Kier alpha value is -3.09. The molecule has 0 aromatic heterocycles. The normalized spacial score (nSPS) is 19.2. The molecule has 0 spiro atoms. The maximum Gasteiger partial charge on any atom is 0.225 e. The van der Waals surface area contributed by atoms with Gasteiger partial charge in [-0.1, -0.05) is 13.0 Å². The van der Waals surface area contributed by atoms with Crippen molar-refractivity contribution in [3.63, 3.8) is 0 Å². The average molecular weight is 425 g/mol. The monoisotopic (exact) mass is 424 g/mol. The van der Waals surface area contributed by atoms with E-state index in [0.29, 0.717) is 17.8 Å². The maximum absolute atomic E-state index is 14.5. The van der Waals surface area contributed by atoms with E-state index in [0.717, 1.165) is 24.7 Å². The maximum atomic E-state index is 14.5. The van der Waals surface area contributed by atoms with Gasteiger partial charge in [-0.25, -0.2) is 4.39 Å². The van der Waals surface area contributed by atoms with Crippen LogP contribution >= 0.6 is 0 Å². The van der Waals surface area contributed by atoms with E-state index in [1.54, 1.807) is 12.1 Å². The number of rotatable bonds is 6. The molecule has 2 amide bonds. The van der Waals surface area contributed by atoms with Crippen LogP contribution in [0.4, 0.5) is 21.5 Å². The molecule has 2 heterocycles. The van der Waals surface area contributed by atoms with E-state index in [9.17, 15) is 14.0 Å². The highest BCUT2D eigenvalue weighted by Crippen LogP contribution is 2.26. The molecule has 0 bridgehead atoms. The molecular weight excluding hydrogens is 395 g/mol. The van der Waals surface area contributed by atoms with E-state index < -0.39 is 0 Å². The molecule has 2 fully saturated rings. The van der Waals surface area contributed by atoms with Crippen molar-refractivity contribution in [2.45, 2.75) is 32.7 Å². The van der Waals surface area contributed by atoms with Gasteiger partial charge in [-0.05, 0) is 55.2 Å². The molecule has 2 aliphatic heterocycles. The highest BCUT2D eigenvalue weighted by molar-refractivity contribution is 5.89. The topological polar surface area (TPSA) is 73.5 Å². The van der Waals surface area contributed by atoms with Crippen LogP contribution in [0.5, 0.6) is 0 Å². The zero-order valence-electron chi connectivity index (χ0n) is 17.8. The number of nitrogens with one attached hydrogen (secondary N) is 3. The number of carbonyl (C=O) groups is 2. The number of piperidine rings is 1. The Balaban J connectivity index is 1.31. The van der Waals surface area contributed by atoms with Crippen molar-refractivity contribution in [2.75, 3.05) is 29.9 Å². The van der Waals surface area contributed by atoms with E-state index >= 15 is 0 Å². The van der Waals surface area contributed by atoms with Crippen LogP contribution in [0.25, 0.3) is 0 Å². The van der Waals surface area contributed by atoms with Gasteiger partial charge in [-0.2, -0.15) is 0 Å². The Bertz CT molecular complexity index is 939. The Kier molecular flexibility index (Phi) is 6.39. The Morgan fingerprint density at radius 2 is 1.84 bits per heavy atom. The summed E-state index contributed by atoms with van der Waals surface area (Å²) in [5, 5.41) is 8.58. The predicted molar refractivity (Wildman–Crippen MR) is 120 cm³/mol. The lowest BCUT2D eigenvalue weighted by atomic mass is 9.99. The second-order valence-corrected chi connectivity index (χ2v) is 8.57. The molecule has 2 aromatic rings. The predicted octanol–water partition coefficient (Wildman–Crippen LogP) is 3.56. The van der Waals surface area contributed by atoms with Crippen molar-refractivity contribution in [1.82, 2.24) is 10.6 Å². The third-order valence-electron chi connectivity index (χ3n) is 6.16. The van der Waals surface area contributed by atoms with Crippen LogP contribution < -0.4 is 20.9 Å². The second-order valence-electron chi connectivity index (χ2n) is 8.57. The Labute approximate surface area is 182 Å². The molecule has 0 saturated carbocycles. The molecule has 3 N–H and O–H groups in total. The van der Waals surface area contributed by atoms with Crippen LogP contribution in [-0.4, -0.2) is 31.4 Å². The van der Waals surface area contributed by atoms with Gasteiger partial charge >= 0.3 is 0 Å². The number of hydrogen-bond acceptors (Lipinski definition) is 4. The first-order chi connectivity index (χ1) is 15.0. The summed E-state index contributed by atoms with van der Waals surface area (Å²) in [5.41, 5.74) is 3.17. The summed E-state index contributed by atoms with van der Waals surface area (Å²) in [6.07, 6.45) is 2.64. The summed E-state index contributed by atoms with van der Waals surface area (Å²) in [4.78, 5) is 25.7. The fraction of sp³-hybridized carbons (Fsp3) is 0.417. The Morgan fingerprint density at radius 3 is 2.48 bits per heavy atom.